The van der Waals surface area contributed by atoms with E-state index in [0.717, 1.165) is 11.1 Å². The number of hydrogen-bond acceptors (Lipinski definition) is 6. The first-order chi connectivity index (χ1) is 17.9. The third kappa shape index (κ3) is 6.18. The van der Waals surface area contributed by atoms with Crippen LogP contribution in [0.4, 0.5) is 17.2 Å². The minimum Gasteiger partial charge on any atom is -0.322 e. The third-order valence-corrected chi connectivity index (χ3v) is 8.72. The fourth-order valence-electron chi connectivity index (χ4n) is 3.59. The zero-order chi connectivity index (χ0) is 27.5. The Morgan fingerprint density at radius 1 is 0.684 bits per heavy atom. The lowest BCUT2D eigenvalue weighted by atomic mass is 10.1. The molecule has 9 nitrogen and oxygen atoms in total. The molecule has 0 aliphatic heterocycles. The van der Waals surface area contributed by atoms with E-state index in [0.29, 0.717) is 16.9 Å². The van der Waals surface area contributed by atoms with Crippen LogP contribution in [0.25, 0.3) is 0 Å². The molecule has 1 heterocycles. The van der Waals surface area contributed by atoms with Gasteiger partial charge in [-0.05, 0) is 98.1 Å². The Morgan fingerprint density at radius 3 is 2.03 bits per heavy atom. The fourth-order valence-corrected chi connectivity index (χ4v) is 5.92. The predicted molar refractivity (Wildman–Crippen MR) is 147 cm³/mol. The van der Waals surface area contributed by atoms with Gasteiger partial charge in [-0.25, -0.2) is 21.8 Å². The van der Waals surface area contributed by atoms with Gasteiger partial charge in [0.05, 0.1) is 9.79 Å². The summed E-state index contributed by atoms with van der Waals surface area (Å²) in [6.45, 7) is 5.47. The van der Waals surface area contributed by atoms with Gasteiger partial charge in [0.15, 0.2) is 0 Å². The lowest BCUT2D eigenvalue weighted by molar-refractivity contribution is 0.102. The molecule has 1 aromatic heterocycles. The highest BCUT2D eigenvalue weighted by Crippen LogP contribution is 2.23. The number of benzene rings is 3. The molecule has 0 radical (unpaired) electrons. The normalized spacial score (nSPS) is 11.6. The van der Waals surface area contributed by atoms with E-state index in [1.807, 2.05) is 19.9 Å². The zero-order valence-corrected chi connectivity index (χ0v) is 22.5. The molecule has 11 heteroatoms. The molecule has 1 amide bonds. The number of carbonyl (C=O) groups excluding carboxylic acids is 1. The summed E-state index contributed by atoms with van der Waals surface area (Å²) in [7, 11) is -7.83. The van der Waals surface area contributed by atoms with E-state index in [-0.39, 0.29) is 21.2 Å². The number of pyridine rings is 1. The summed E-state index contributed by atoms with van der Waals surface area (Å²) in [5.41, 5.74) is 3.36. The molecular formula is C27H26N4O5S2. The molecule has 0 bridgehead atoms. The Balaban J connectivity index is 1.50. The van der Waals surface area contributed by atoms with E-state index in [1.54, 1.807) is 37.3 Å². The van der Waals surface area contributed by atoms with Crippen LogP contribution in [0.2, 0.25) is 0 Å². The Morgan fingerprint density at radius 2 is 1.37 bits per heavy atom. The second-order valence-corrected chi connectivity index (χ2v) is 12.0. The number of anilines is 3. The molecule has 4 aromatic rings. The molecule has 0 fully saturated rings. The molecule has 0 aliphatic rings. The van der Waals surface area contributed by atoms with Crippen molar-refractivity contribution >= 4 is 43.1 Å². The number of carbonyl (C=O) groups is 1. The highest BCUT2D eigenvalue weighted by atomic mass is 32.2. The largest absolute Gasteiger partial charge is 0.322 e. The van der Waals surface area contributed by atoms with Crippen LogP contribution in [0, 0.1) is 20.8 Å². The van der Waals surface area contributed by atoms with Crippen LogP contribution in [0.15, 0.2) is 94.9 Å². The van der Waals surface area contributed by atoms with Crippen molar-refractivity contribution in [2.24, 2.45) is 0 Å². The van der Waals surface area contributed by atoms with Gasteiger partial charge in [-0.3, -0.25) is 14.2 Å². The maximum Gasteiger partial charge on any atom is 0.263 e. The SMILES string of the molecule is Cc1ccc(NS(=O)(=O)c2cc(C(=O)Nc3ccc(S(=O)(=O)Nc4ccccn4)cc3)ccc2C)cc1C. The highest BCUT2D eigenvalue weighted by molar-refractivity contribution is 7.93. The molecule has 196 valence electrons. The van der Waals surface area contributed by atoms with Crippen LogP contribution in [0.5, 0.6) is 0 Å². The number of rotatable bonds is 8. The average Bonchev–Trinajstić information content (AvgIpc) is 2.87. The summed E-state index contributed by atoms with van der Waals surface area (Å²) in [5, 5.41) is 2.67. The van der Waals surface area contributed by atoms with Crippen molar-refractivity contribution in [2.75, 3.05) is 14.8 Å². The number of nitrogens with zero attached hydrogens (tertiary/aromatic N) is 1. The second kappa shape index (κ2) is 10.6. The first-order valence-corrected chi connectivity index (χ1v) is 14.5. The van der Waals surface area contributed by atoms with Gasteiger partial charge in [-0.1, -0.05) is 18.2 Å². The van der Waals surface area contributed by atoms with E-state index in [9.17, 15) is 21.6 Å². The summed E-state index contributed by atoms with van der Waals surface area (Å²) in [6.07, 6.45) is 1.47. The summed E-state index contributed by atoms with van der Waals surface area (Å²) < 4.78 is 56.3. The fraction of sp³-hybridized carbons (Fsp3) is 0.111. The average molecular weight is 551 g/mol. The molecule has 38 heavy (non-hydrogen) atoms. The molecule has 4 rings (SSSR count). The lowest BCUT2D eigenvalue weighted by Gasteiger charge is -2.13. The third-order valence-electron chi connectivity index (χ3n) is 5.83. The number of aryl methyl sites for hydroxylation is 3. The van der Waals surface area contributed by atoms with Crippen LogP contribution in [-0.4, -0.2) is 27.7 Å². The van der Waals surface area contributed by atoms with Crippen LogP contribution in [0.3, 0.4) is 0 Å². The number of hydrogen-bond donors (Lipinski definition) is 3. The minimum absolute atomic E-state index is 0.0118. The van der Waals surface area contributed by atoms with Gasteiger partial charge in [-0.15, -0.1) is 0 Å². The van der Waals surface area contributed by atoms with E-state index in [1.165, 1.54) is 48.7 Å². The topological polar surface area (TPSA) is 134 Å². The van der Waals surface area contributed by atoms with Crippen LogP contribution >= 0.6 is 0 Å². The molecule has 0 spiro atoms. The Kier molecular flexibility index (Phi) is 7.51. The zero-order valence-electron chi connectivity index (χ0n) is 20.9. The summed E-state index contributed by atoms with van der Waals surface area (Å²) in [6, 6.07) is 20.1. The number of amides is 1. The smallest absolute Gasteiger partial charge is 0.263 e. The molecule has 0 saturated heterocycles. The molecule has 3 N–H and O–H groups in total. The maximum atomic E-state index is 13.1. The monoisotopic (exact) mass is 550 g/mol. The van der Waals surface area contributed by atoms with Crippen molar-refractivity contribution in [1.82, 2.24) is 4.98 Å². The number of nitrogens with one attached hydrogen (secondary N) is 3. The van der Waals surface area contributed by atoms with Gasteiger partial charge in [0.2, 0.25) is 0 Å². The van der Waals surface area contributed by atoms with Gasteiger partial charge < -0.3 is 5.32 Å². The predicted octanol–water partition coefficient (Wildman–Crippen LogP) is 4.86. The van der Waals surface area contributed by atoms with Gasteiger partial charge in [-0.2, -0.15) is 0 Å². The van der Waals surface area contributed by atoms with Crippen molar-refractivity contribution in [1.29, 1.82) is 0 Å². The summed E-state index contributed by atoms with van der Waals surface area (Å²) in [5.74, 6) is -0.364. The Labute approximate surface area is 222 Å². The highest BCUT2D eigenvalue weighted by Gasteiger charge is 2.20. The Hall–Kier alpha value is -4.22. The van der Waals surface area contributed by atoms with Crippen molar-refractivity contribution in [3.8, 4) is 0 Å². The van der Waals surface area contributed by atoms with Crippen LogP contribution < -0.4 is 14.8 Å². The van der Waals surface area contributed by atoms with E-state index >= 15 is 0 Å². The lowest BCUT2D eigenvalue weighted by Crippen LogP contribution is -2.17. The van der Waals surface area contributed by atoms with Gasteiger partial charge in [0.1, 0.15) is 5.82 Å². The minimum atomic E-state index is -3.96. The first-order valence-electron chi connectivity index (χ1n) is 11.5. The van der Waals surface area contributed by atoms with Crippen molar-refractivity contribution < 1.29 is 21.6 Å². The van der Waals surface area contributed by atoms with Gasteiger partial charge in [0.25, 0.3) is 26.0 Å². The summed E-state index contributed by atoms with van der Waals surface area (Å²) >= 11 is 0. The van der Waals surface area contributed by atoms with Gasteiger partial charge in [0, 0.05) is 23.1 Å². The van der Waals surface area contributed by atoms with Crippen molar-refractivity contribution in [2.45, 2.75) is 30.6 Å². The molecule has 3 aromatic carbocycles. The quantitative estimate of drug-likeness (QED) is 0.287. The number of sulfonamides is 2. The molecule has 0 saturated carbocycles. The molecular weight excluding hydrogens is 524 g/mol. The first kappa shape index (κ1) is 26.8. The van der Waals surface area contributed by atoms with Crippen LogP contribution in [-0.2, 0) is 20.0 Å². The molecule has 0 aliphatic carbocycles. The van der Waals surface area contributed by atoms with E-state index in [4.69, 9.17) is 0 Å². The van der Waals surface area contributed by atoms with Crippen molar-refractivity contribution in [3.05, 3.63) is 107 Å². The van der Waals surface area contributed by atoms with Crippen molar-refractivity contribution in [3.63, 3.8) is 0 Å². The second-order valence-electron chi connectivity index (χ2n) is 8.68. The van der Waals surface area contributed by atoms with E-state index < -0.39 is 26.0 Å². The van der Waals surface area contributed by atoms with Crippen LogP contribution in [0.1, 0.15) is 27.0 Å². The molecule has 0 unspecified atom stereocenters. The van der Waals surface area contributed by atoms with E-state index in [2.05, 4.69) is 19.7 Å². The molecule has 0 atom stereocenters. The number of aromatic nitrogens is 1. The Bertz CT molecular complexity index is 1700. The summed E-state index contributed by atoms with van der Waals surface area (Å²) in [4.78, 5) is 16.8. The van der Waals surface area contributed by atoms with Gasteiger partial charge >= 0.3 is 0 Å². The maximum absolute atomic E-state index is 13.1. The standard InChI is InChI=1S/C27H26N4O5S2/c1-18-8-10-23(16-20(18)3)30-38(35,36)25-17-21(9-7-19(25)2)27(32)29-22-11-13-24(14-12-22)37(33,34)31-26-6-4-5-15-28-26/h4-17,30H,1-3H3,(H,28,31)(H,29,32).